The highest BCUT2D eigenvalue weighted by atomic mass is 19.1. The maximum absolute atomic E-state index is 13.2. The number of benzene rings is 2. The van der Waals surface area contributed by atoms with Crippen molar-refractivity contribution in [2.45, 2.75) is 13.8 Å². The van der Waals surface area contributed by atoms with Crippen molar-refractivity contribution < 1.29 is 14.1 Å². The number of carbonyl (C=O) groups excluding carboxylic acids is 1. The van der Waals surface area contributed by atoms with Crippen LogP contribution in [0.15, 0.2) is 48.5 Å². The van der Waals surface area contributed by atoms with Crippen molar-refractivity contribution in [3.8, 4) is 5.69 Å². The molecule has 8 nitrogen and oxygen atoms in total. The van der Waals surface area contributed by atoms with Crippen molar-refractivity contribution >= 4 is 17.3 Å². The Balaban J connectivity index is 1.47. The summed E-state index contributed by atoms with van der Waals surface area (Å²) in [6, 6.07) is 12.4. The third kappa shape index (κ3) is 3.98. The number of rotatable bonds is 4. The van der Waals surface area contributed by atoms with E-state index < -0.39 is 4.92 Å². The van der Waals surface area contributed by atoms with Crippen molar-refractivity contribution in [3.63, 3.8) is 0 Å². The van der Waals surface area contributed by atoms with Crippen LogP contribution < -0.4 is 4.90 Å². The molecule has 1 amide bonds. The van der Waals surface area contributed by atoms with E-state index in [-0.39, 0.29) is 17.4 Å². The first-order valence-electron chi connectivity index (χ1n) is 9.96. The molecule has 1 aromatic heterocycles. The Hall–Kier alpha value is -3.75. The lowest BCUT2D eigenvalue weighted by Crippen LogP contribution is -2.49. The number of amides is 1. The van der Waals surface area contributed by atoms with Crippen molar-refractivity contribution in [1.82, 2.24) is 14.7 Å². The number of aromatic nitrogens is 2. The van der Waals surface area contributed by atoms with E-state index in [9.17, 15) is 19.3 Å². The lowest BCUT2D eigenvalue weighted by atomic mass is 10.1. The topological polar surface area (TPSA) is 84.5 Å². The first-order chi connectivity index (χ1) is 14.8. The average molecular weight is 423 g/mol. The van der Waals surface area contributed by atoms with Crippen LogP contribution in [0.5, 0.6) is 0 Å². The minimum Gasteiger partial charge on any atom is -0.368 e. The first-order valence-corrected chi connectivity index (χ1v) is 9.96. The zero-order valence-electron chi connectivity index (χ0n) is 17.3. The van der Waals surface area contributed by atoms with Gasteiger partial charge in [0.25, 0.3) is 11.6 Å². The number of non-ortho nitro benzene ring substituents is 1. The molecule has 1 fully saturated rings. The molecule has 0 unspecified atom stereocenters. The number of piperazine rings is 1. The van der Waals surface area contributed by atoms with Crippen LogP contribution in [0.1, 0.15) is 21.7 Å². The number of carbonyl (C=O) groups is 1. The van der Waals surface area contributed by atoms with Gasteiger partial charge in [0.1, 0.15) is 5.82 Å². The third-order valence-corrected chi connectivity index (χ3v) is 5.57. The summed E-state index contributed by atoms with van der Waals surface area (Å²) in [7, 11) is 0. The molecule has 0 spiro atoms. The molecule has 2 heterocycles. The van der Waals surface area contributed by atoms with E-state index in [2.05, 4.69) is 10.00 Å². The lowest BCUT2D eigenvalue weighted by Gasteiger charge is -2.36. The molecule has 0 aliphatic carbocycles. The molecule has 0 saturated carbocycles. The smallest absolute Gasteiger partial charge is 0.269 e. The van der Waals surface area contributed by atoms with Crippen molar-refractivity contribution in [3.05, 3.63) is 81.4 Å². The molecule has 4 rings (SSSR count). The zero-order chi connectivity index (χ0) is 22.1. The predicted octanol–water partition coefficient (Wildman–Crippen LogP) is 3.50. The Bertz CT molecular complexity index is 1120. The number of hydrogen-bond donors (Lipinski definition) is 0. The molecule has 0 N–H and O–H groups in total. The monoisotopic (exact) mass is 423 g/mol. The van der Waals surface area contributed by atoms with Gasteiger partial charge in [-0.25, -0.2) is 9.07 Å². The van der Waals surface area contributed by atoms with Gasteiger partial charge >= 0.3 is 0 Å². The summed E-state index contributed by atoms with van der Waals surface area (Å²) < 4.78 is 14.9. The van der Waals surface area contributed by atoms with E-state index in [1.54, 1.807) is 40.8 Å². The minimum atomic E-state index is -0.419. The number of hydrogen-bond acceptors (Lipinski definition) is 5. The quantitative estimate of drug-likeness (QED) is 0.474. The standard InChI is InChI=1S/C22H22FN5O3/c1-15-21(16(2)27(24-15)19-5-3-17(23)4-6-19)22(29)26-13-11-25(12-14-26)18-7-9-20(10-8-18)28(30)31/h3-10H,11-14H2,1-2H3. The number of nitro benzene ring substituents is 1. The fraction of sp³-hybridized carbons (Fsp3) is 0.273. The van der Waals surface area contributed by atoms with Crippen molar-refractivity contribution in [1.29, 1.82) is 0 Å². The fourth-order valence-corrected chi connectivity index (χ4v) is 3.90. The van der Waals surface area contributed by atoms with E-state index in [0.29, 0.717) is 48.8 Å². The van der Waals surface area contributed by atoms with Gasteiger partial charge in [-0.15, -0.1) is 0 Å². The molecule has 9 heteroatoms. The van der Waals surface area contributed by atoms with Gasteiger partial charge in [0.05, 0.1) is 27.6 Å². The molecular weight excluding hydrogens is 401 g/mol. The Kier molecular flexibility index (Phi) is 5.41. The van der Waals surface area contributed by atoms with Crippen molar-refractivity contribution in [2.24, 2.45) is 0 Å². The van der Waals surface area contributed by atoms with Gasteiger partial charge < -0.3 is 9.80 Å². The van der Waals surface area contributed by atoms with Gasteiger partial charge in [-0.05, 0) is 50.2 Å². The van der Waals surface area contributed by atoms with Crippen LogP contribution in [-0.4, -0.2) is 51.7 Å². The van der Waals surface area contributed by atoms with E-state index in [1.165, 1.54) is 24.3 Å². The first kappa shape index (κ1) is 20.5. The van der Waals surface area contributed by atoms with E-state index >= 15 is 0 Å². The van der Waals surface area contributed by atoms with Crippen LogP contribution in [0, 0.1) is 29.8 Å². The molecular formula is C22H22FN5O3. The lowest BCUT2D eigenvalue weighted by molar-refractivity contribution is -0.384. The molecule has 0 atom stereocenters. The van der Waals surface area contributed by atoms with E-state index in [0.717, 1.165) is 5.69 Å². The maximum Gasteiger partial charge on any atom is 0.269 e. The third-order valence-electron chi connectivity index (χ3n) is 5.57. The second-order valence-corrected chi connectivity index (χ2v) is 7.49. The number of aryl methyl sites for hydroxylation is 1. The number of halogens is 1. The Morgan fingerprint density at radius 1 is 0.968 bits per heavy atom. The summed E-state index contributed by atoms with van der Waals surface area (Å²) in [5.74, 6) is -0.404. The number of anilines is 1. The van der Waals surface area contributed by atoms with Crippen LogP contribution >= 0.6 is 0 Å². The molecule has 1 aliphatic rings. The van der Waals surface area contributed by atoms with Crippen LogP contribution in [0.25, 0.3) is 5.69 Å². The van der Waals surface area contributed by atoms with Crippen LogP contribution in [-0.2, 0) is 0 Å². The van der Waals surface area contributed by atoms with E-state index in [1.807, 2.05) is 6.92 Å². The summed E-state index contributed by atoms with van der Waals surface area (Å²) >= 11 is 0. The fourth-order valence-electron chi connectivity index (χ4n) is 3.90. The predicted molar refractivity (Wildman–Crippen MR) is 114 cm³/mol. The van der Waals surface area contributed by atoms with E-state index in [4.69, 9.17) is 0 Å². The number of nitrogens with zero attached hydrogens (tertiary/aromatic N) is 5. The largest absolute Gasteiger partial charge is 0.368 e. The Morgan fingerprint density at radius 3 is 2.13 bits per heavy atom. The second kappa shape index (κ2) is 8.17. The average Bonchev–Trinajstić information content (AvgIpc) is 3.08. The highest BCUT2D eigenvalue weighted by molar-refractivity contribution is 5.96. The summed E-state index contributed by atoms with van der Waals surface area (Å²) in [4.78, 5) is 27.5. The second-order valence-electron chi connectivity index (χ2n) is 7.49. The molecule has 3 aromatic rings. The van der Waals surface area contributed by atoms with Gasteiger partial charge in [-0.2, -0.15) is 5.10 Å². The summed E-state index contributed by atoms with van der Waals surface area (Å²) in [5.41, 5.74) is 3.56. The highest BCUT2D eigenvalue weighted by Gasteiger charge is 2.27. The van der Waals surface area contributed by atoms with Gasteiger partial charge in [-0.3, -0.25) is 14.9 Å². The molecule has 0 bridgehead atoms. The summed E-state index contributed by atoms with van der Waals surface area (Å²) in [6.07, 6.45) is 0. The molecule has 1 saturated heterocycles. The molecule has 2 aromatic carbocycles. The van der Waals surface area contributed by atoms with Crippen LogP contribution in [0.2, 0.25) is 0 Å². The normalized spacial score (nSPS) is 14.0. The van der Waals surface area contributed by atoms with Gasteiger partial charge in [0.2, 0.25) is 0 Å². The number of nitro groups is 1. The van der Waals surface area contributed by atoms with Crippen molar-refractivity contribution in [2.75, 3.05) is 31.1 Å². The van der Waals surface area contributed by atoms with Gasteiger partial charge in [0, 0.05) is 44.0 Å². The van der Waals surface area contributed by atoms with Crippen LogP contribution in [0.4, 0.5) is 15.8 Å². The summed E-state index contributed by atoms with van der Waals surface area (Å²) in [5, 5.41) is 15.3. The molecule has 1 aliphatic heterocycles. The Labute approximate surface area is 178 Å². The minimum absolute atomic E-state index is 0.0571. The molecule has 160 valence electrons. The zero-order valence-corrected chi connectivity index (χ0v) is 17.3. The van der Waals surface area contributed by atoms with Gasteiger partial charge in [-0.1, -0.05) is 0 Å². The van der Waals surface area contributed by atoms with Crippen LogP contribution in [0.3, 0.4) is 0 Å². The summed E-state index contributed by atoms with van der Waals surface area (Å²) in [6.45, 7) is 5.98. The molecule has 0 radical (unpaired) electrons. The molecule has 31 heavy (non-hydrogen) atoms. The maximum atomic E-state index is 13.2. The Morgan fingerprint density at radius 2 is 1.55 bits per heavy atom. The highest BCUT2D eigenvalue weighted by Crippen LogP contribution is 2.23. The SMILES string of the molecule is Cc1nn(-c2ccc(F)cc2)c(C)c1C(=O)N1CCN(c2ccc([N+](=O)[O-])cc2)CC1. The van der Waals surface area contributed by atoms with Gasteiger partial charge in [0.15, 0.2) is 0 Å².